The van der Waals surface area contributed by atoms with E-state index < -0.39 is 0 Å². The number of halogens is 2. The highest BCUT2D eigenvalue weighted by molar-refractivity contribution is 6.42. The Morgan fingerprint density at radius 1 is 1.20 bits per heavy atom. The molecule has 0 bridgehead atoms. The van der Waals surface area contributed by atoms with Crippen LogP contribution in [0.1, 0.15) is 12.8 Å². The van der Waals surface area contributed by atoms with E-state index in [1.807, 2.05) is 12.1 Å². The molecule has 2 nitrogen and oxygen atoms in total. The summed E-state index contributed by atoms with van der Waals surface area (Å²) in [4.78, 5) is 2.44. The van der Waals surface area contributed by atoms with Gasteiger partial charge in [-0.25, -0.2) is 0 Å². The lowest BCUT2D eigenvalue weighted by molar-refractivity contribution is 0.782. The van der Waals surface area contributed by atoms with Gasteiger partial charge in [-0.05, 0) is 25.0 Å². The zero-order chi connectivity index (χ0) is 10.4. The lowest BCUT2D eigenvalue weighted by Gasteiger charge is -2.32. The second kappa shape index (κ2) is 3.46. The van der Waals surface area contributed by atoms with Gasteiger partial charge in [0.1, 0.15) is 0 Å². The number of fused-ring (bicyclic) bond motifs is 1. The van der Waals surface area contributed by atoms with Crippen molar-refractivity contribution in [3.05, 3.63) is 22.2 Å². The monoisotopic (exact) mass is 242 g/mol. The number of benzene rings is 1. The van der Waals surface area contributed by atoms with Crippen molar-refractivity contribution in [3.8, 4) is 0 Å². The largest absolute Gasteiger partial charge is 0.382 e. The zero-order valence-electron chi connectivity index (χ0n) is 8.26. The molecule has 1 aliphatic heterocycles. The van der Waals surface area contributed by atoms with E-state index in [0.717, 1.165) is 24.8 Å². The maximum atomic E-state index is 6.05. The van der Waals surface area contributed by atoms with Crippen molar-refractivity contribution in [1.29, 1.82) is 0 Å². The molecule has 1 fully saturated rings. The van der Waals surface area contributed by atoms with Crippen molar-refractivity contribution in [2.24, 2.45) is 0 Å². The van der Waals surface area contributed by atoms with E-state index in [-0.39, 0.29) is 0 Å². The fraction of sp³-hybridized carbons (Fsp3) is 0.455. The summed E-state index contributed by atoms with van der Waals surface area (Å²) < 4.78 is 0. The van der Waals surface area contributed by atoms with Crippen molar-refractivity contribution in [2.75, 3.05) is 23.3 Å². The molecule has 1 aromatic carbocycles. The Hall–Kier alpha value is -0.600. The third-order valence-corrected chi connectivity index (χ3v) is 3.73. The third kappa shape index (κ3) is 1.66. The summed E-state index contributed by atoms with van der Waals surface area (Å²) in [7, 11) is 0. The van der Waals surface area contributed by atoms with Crippen molar-refractivity contribution in [3.63, 3.8) is 0 Å². The van der Waals surface area contributed by atoms with Crippen LogP contribution in [0.3, 0.4) is 0 Å². The van der Waals surface area contributed by atoms with Gasteiger partial charge in [0.25, 0.3) is 0 Å². The average Bonchev–Trinajstić information content (AvgIpc) is 3.02. The van der Waals surface area contributed by atoms with Crippen LogP contribution in [0.2, 0.25) is 10.0 Å². The van der Waals surface area contributed by atoms with Crippen molar-refractivity contribution < 1.29 is 0 Å². The lowest BCUT2D eigenvalue weighted by Crippen LogP contribution is -2.35. The van der Waals surface area contributed by atoms with Gasteiger partial charge in [0.15, 0.2) is 0 Å². The molecule has 2 aliphatic rings. The highest BCUT2D eigenvalue weighted by Crippen LogP contribution is 2.41. The second-order valence-electron chi connectivity index (χ2n) is 4.13. The van der Waals surface area contributed by atoms with Gasteiger partial charge < -0.3 is 10.2 Å². The van der Waals surface area contributed by atoms with Crippen LogP contribution in [0.4, 0.5) is 11.4 Å². The molecule has 3 rings (SSSR count). The molecule has 0 spiro atoms. The number of nitrogens with one attached hydrogen (secondary N) is 1. The smallest absolute Gasteiger partial charge is 0.0621 e. The van der Waals surface area contributed by atoms with E-state index in [1.165, 1.54) is 18.5 Å². The van der Waals surface area contributed by atoms with Crippen LogP contribution in [0.5, 0.6) is 0 Å². The average molecular weight is 243 g/mol. The summed E-state index contributed by atoms with van der Waals surface area (Å²) in [6.07, 6.45) is 2.61. The van der Waals surface area contributed by atoms with E-state index in [9.17, 15) is 0 Å². The first-order valence-corrected chi connectivity index (χ1v) is 6.01. The summed E-state index contributed by atoms with van der Waals surface area (Å²) in [5, 5.41) is 4.63. The molecule has 80 valence electrons. The van der Waals surface area contributed by atoms with Crippen LogP contribution in [0.25, 0.3) is 0 Å². The first-order chi connectivity index (χ1) is 7.25. The number of anilines is 2. The second-order valence-corrected chi connectivity index (χ2v) is 4.95. The van der Waals surface area contributed by atoms with Gasteiger partial charge in [-0.2, -0.15) is 0 Å². The van der Waals surface area contributed by atoms with Gasteiger partial charge in [0.2, 0.25) is 0 Å². The summed E-state index contributed by atoms with van der Waals surface area (Å²) in [6.45, 7) is 2.05. The minimum atomic E-state index is 0.626. The van der Waals surface area contributed by atoms with Crippen LogP contribution < -0.4 is 10.2 Å². The summed E-state index contributed by atoms with van der Waals surface area (Å²) in [5.41, 5.74) is 2.32. The zero-order valence-corrected chi connectivity index (χ0v) is 9.78. The molecule has 0 unspecified atom stereocenters. The number of nitrogens with zero attached hydrogens (tertiary/aromatic N) is 1. The molecular formula is C11H12Cl2N2. The van der Waals surface area contributed by atoms with E-state index in [1.54, 1.807) is 0 Å². The number of hydrogen-bond donors (Lipinski definition) is 1. The maximum absolute atomic E-state index is 6.05. The molecule has 0 aromatic heterocycles. The Morgan fingerprint density at radius 2 is 1.93 bits per heavy atom. The predicted molar refractivity (Wildman–Crippen MR) is 65.3 cm³/mol. The van der Waals surface area contributed by atoms with E-state index in [4.69, 9.17) is 23.2 Å². The minimum Gasteiger partial charge on any atom is -0.382 e. The topological polar surface area (TPSA) is 15.3 Å². The molecule has 1 saturated carbocycles. The fourth-order valence-corrected chi connectivity index (χ4v) is 2.43. The van der Waals surface area contributed by atoms with E-state index in [0.29, 0.717) is 10.0 Å². The Kier molecular flexibility index (Phi) is 2.22. The van der Waals surface area contributed by atoms with Gasteiger partial charge in [0.05, 0.1) is 21.4 Å². The molecule has 1 N–H and O–H groups in total. The number of hydrogen-bond acceptors (Lipinski definition) is 2. The third-order valence-electron chi connectivity index (χ3n) is 3.00. The fourth-order valence-electron chi connectivity index (χ4n) is 2.11. The highest BCUT2D eigenvalue weighted by Gasteiger charge is 2.32. The van der Waals surface area contributed by atoms with E-state index in [2.05, 4.69) is 10.2 Å². The van der Waals surface area contributed by atoms with E-state index >= 15 is 0 Å². The normalized spacial score (nSPS) is 19.7. The Bertz CT molecular complexity index is 402. The molecular weight excluding hydrogens is 231 g/mol. The molecule has 0 saturated heterocycles. The molecule has 1 aliphatic carbocycles. The summed E-state index contributed by atoms with van der Waals surface area (Å²) >= 11 is 12.0. The standard InChI is InChI=1S/C11H12Cl2N2/c12-8-5-10-11(6-9(8)13)15(4-3-14-10)7-1-2-7/h5-7,14H,1-4H2. The van der Waals surface area contributed by atoms with Crippen molar-refractivity contribution in [2.45, 2.75) is 18.9 Å². The van der Waals surface area contributed by atoms with Gasteiger partial charge in [0, 0.05) is 19.1 Å². The first kappa shape index (κ1) is 9.61. The molecule has 15 heavy (non-hydrogen) atoms. The van der Waals surface area contributed by atoms with Crippen LogP contribution in [0, 0.1) is 0 Å². The van der Waals surface area contributed by atoms with Crippen LogP contribution in [-0.2, 0) is 0 Å². The minimum absolute atomic E-state index is 0.626. The molecule has 0 amide bonds. The lowest BCUT2D eigenvalue weighted by atomic mass is 10.2. The van der Waals surface area contributed by atoms with Gasteiger partial charge in [-0.1, -0.05) is 23.2 Å². The molecule has 4 heteroatoms. The molecule has 0 radical (unpaired) electrons. The summed E-state index contributed by atoms with van der Waals surface area (Å²) in [6, 6.07) is 4.63. The predicted octanol–water partition coefficient (Wildman–Crippen LogP) is 3.39. The Morgan fingerprint density at radius 3 is 2.67 bits per heavy atom. The number of rotatable bonds is 1. The Labute approximate surface area is 99.2 Å². The van der Waals surface area contributed by atoms with Crippen LogP contribution in [0.15, 0.2) is 12.1 Å². The quantitative estimate of drug-likeness (QED) is 0.813. The van der Waals surface area contributed by atoms with Crippen molar-refractivity contribution in [1.82, 2.24) is 0 Å². The molecule has 1 heterocycles. The molecule has 0 atom stereocenters. The van der Waals surface area contributed by atoms with Crippen LogP contribution >= 0.6 is 23.2 Å². The SMILES string of the molecule is Clc1cc2c(cc1Cl)N(C1CC1)CCN2. The molecule has 1 aromatic rings. The van der Waals surface area contributed by atoms with Crippen molar-refractivity contribution >= 4 is 34.6 Å². The Balaban J connectivity index is 2.05. The van der Waals surface area contributed by atoms with Gasteiger partial charge >= 0.3 is 0 Å². The highest BCUT2D eigenvalue weighted by atomic mass is 35.5. The van der Waals surface area contributed by atoms with Gasteiger partial charge in [-0.15, -0.1) is 0 Å². The van der Waals surface area contributed by atoms with Gasteiger partial charge in [-0.3, -0.25) is 0 Å². The summed E-state index contributed by atoms with van der Waals surface area (Å²) in [5.74, 6) is 0. The maximum Gasteiger partial charge on any atom is 0.0621 e. The van der Waals surface area contributed by atoms with Crippen LogP contribution in [-0.4, -0.2) is 19.1 Å². The first-order valence-electron chi connectivity index (χ1n) is 5.25.